The first kappa shape index (κ1) is 16.2. The van der Waals surface area contributed by atoms with E-state index >= 15 is 0 Å². The van der Waals surface area contributed by atoms with Crippen LogP contribution < -0.4 is 9.47 Å². The van der Waals surface area contributed by atoms with Gasteiger partial charge >= 0.3 is 6.61 Å². The Morgan fingerprint density at radius 2 is 2.23 bits per heavy atom. The van der Waals surface area contributed by atoms with Crippen molar-refractivity contribution in [1.82, 2.24) is 14.9 Å². The molecule has 0 radical (unpaired) electrons. The van der Waals surface area contributed by atoms with E-state index in [4.69, 9.17) is 4.74 Å². The Kier molecular flexibility index (Phi) is 5.70. The summed E-state index contributed by atoms with van der Waals surface area (Å²) in [7, 11) is 0. The summed E-state index contributed by atoms with van der Waals surface area (Å²) < 4.78 is 35.9. The quantitative estimate of drug-likeness (QED) is 0.578. The van der Waals surface area contributed by atoms with Crippen molar-refractivity contribution >= 4 is 18.0 Å². The number of nitrogens with zero attached hydrogens (tertiary/aromatic N) is 4. The van der Waals surface area contributed by atoms with Crippen LogP contribution in [0.1, 0.15) is 12.5 Å². The Balaban J connectivity index is 2.22. The van der Waals surface area contributed by atoms with E-state index < -0.39 is 6.61 Å². The highest BCUT2D eigenvalue weighted by Gasteiger charge is 2.11. The number of aromatic nitrogens is 3. The first-order valence-electron chi connectivity index (χ1n) is 6.34. The standard InChI is InChI=1S/C13H14F2N4O2S/c1-3-20-11-6-9(4-5-10(11)21-12(14)15)7-17-19-8-16-18-13(19)22-2/h4-8,12H,3H2,1-2H3/b17-7-. The summed E-state index contributed by atoms with van der Waals surface area (Å²) in [5.41, 5.74) is 0.672. The van der Waals surface area contributed by atoms with Gasteiger partial charge in [-0.1, -0.05) is 11.8 Å². The first-order chi connectivity index (χ1) is 10.6. The van der Waals surface area contributed by atoms with Gasteiger partial charge in [0.1, 0.15) is 6.33 Å². The lowest BCUT2D eigenvalue weighted by Crippen LogP contribution is -2.05. The van der Waals surface area contributed by atoms with Crippen LogP contribution >= 0.6 is 11.8 Å². The summed E-state index contributed by atoms with van der Waals surface area (Å²) in [5.74, 6) is 0.226. The number of rotatable bonds is 7. The normalized spacial score (nSPS) is 11.3. The van der Waals surface area contributed by atoms with E-state index in [1.165, 1.54) is 28.8 Å². The summed E-state index contributed by atoms with van der Waals surface area (Å²) in [5, 5.41) is 12.5. The van der Waals surface area contributed by atoms with Gasteiger partial charge in [0.05, 0.1) is 12.8 Å². The molecule has 0 aliphatic heterocycles. The minimum Gasteiger partial charge on any atom is -0.490 e. The van der Waals surface area contributed by atoms with Crippen LogP contribution in [0, 0.1) is 0 Å². The third-order valence-corrected chi connectivity index (χ3v) is 3.13. The van der Waals surface area contributed by atoms with E-state index in [2.05, 4.69) is 20.0 Å². The van der Waals surface area contributed by atoms with Crippen molar-refractivity contribution in [3.63, 3.8) is 0 Å². The summed E-state index contributed by atoms with van der Waals surface area (Å²) in [6, 6.07) is 4.60. The number of ether oxygens (including phenoxy) is 2. The molecule has 0 spiro atoms. The molecular weight excluding hydrogens is 314 g/mol. The van der Waals surface area contributed by atoms with Gasteiger partial charge in [0, 0.05) is 0 Å². The third kappa shape index (κ3) is 4.17. The zero-order valence-corrected chi connectivity index (χ0v) is 12.8. The molecule has 1 aromatic carbocycles. The van der Waals surface area contributed by atoms with Crippen LogP contribution in [0.5, 0.6) is 11.5 Å². The molecule has 2 rings (SSSR count). The molecule has 118 valence electrons. The summed E-state index contributed by atoms with van der Waals surface area (Å²) in [6.45, 7) is -0.809. The molecule has 0 fully saturated rings. The zero-order chi connectivity index (χ0) is 15.9. The molecule has 0 aliphatic rings. The SMILES string of the molecule is CCOc1cc(/C=N\n2cnnc2SC)ccc1OC(F)F. The Morgan fingerprint density at radius 3 is 2.91 bits per heavy atom. The van der Waals surface area contributed by atoms with Crippen LogP contribution in [0.2, 0.25) is 0 Å². The van der Waals surface area contributed by atoms with E-state index in [1.54, 1.807) is 25.3 Å². The molecule has 9 heteroatoms. The lowest BCUT2D eigenvalue weighted by Gasteiger charge is -2.11. The van der Waals surface area contributed by atoms with E-state index in [9.17, 15) is 8.78 Å². The van der Waals surface area contributed by atoms with E-state index in [-0.39, 0.29) is 11.5 Å². The molecule has 0 amide bonds. The van der Waals surface area contributed by atoms with Gasteiger partial charge in [-0.05, 0) is 36.9 Å². The van der Waals surface area contributed by atoms with Crippen LogP contribution in [0.15, 0.2) is 34.8 Å². The number of hydrogen-bond donors (Lipinski definition) is 0. The molecule has 22 heavy (non-hydrogen) atoms. The highest BCUT2D eigenvalue weighted by molar-refractivity contribution is 7.98. The van der Waals surface area contributed by atoms with Crippen LogP contribution in [0.3, 0.4) is 0 Å². The Bertz CT molecular complexity index is 649. The van der Waals surface area contributed by atoms with Crippen molar-refractivity contribution < 1.29 is 18.3 Å². The first-order valence-corrected chi connectivity index (χ1v) is 7.56. The average Bonchev–Trinajstić information content (AvgIpc) is 2.94. The number of benzene rings is 1. The Morgan fingerprint density at radius 1 is 1.41 bits per heavy atom. The maximum atomic E-state index is 12.3. The van der Waals surface area contributed by atoms with Gasteiger partial charge in [0.25, 0.3) is 0 Å². The lowest BCUT2D eigenvalue weighted by molar-refractivity contribution is -0.0514. The molecule has 1 heterocycles. The van der Waals surface area contributed by atoms with Crippen molar-refractivity contribution in [2.24, 2.45) is 5.10 Å². The van der Waals surface area contributed by atoms with Gasteiger partial charge in [-0.2, -0.15) is 18.6 Å². The molecule has 0 N–H and O–H groups in total. The van der Waals surface area contributed by atoms with Gasteiger partial charge in [-0.15, -0.1) is 10.2 Å². The van der Waals surface area contributed by atoms with Crippen molar-refractivity contribution in [2.75, 3.05) is 12.9 Å². The summed E-state index contributed by atoms with van der Waals surface area (Å²) in [6.07, 6.45) is 4.89. The minimum absolute atomic E-state index is 0.0110. The molecule has 0 saturated heterocycles. The van der Waals surface area contributed by atoms with E-state index in [1.807, 2.05) is 6.26 Å². The fourth-order valence-electron chi connectivity index (χ4n) is 1.63. The molecule has 1 aromatic heterocycles. The second-order valence-corrected chi connectivity index (χ2v) is 4.70. The average molecular weight is 328 g/mol. The van der Waals surface area contributed by atoms with E-state index in [0.717, 1.165) is 0 Å². The summed E-state index contributed by atoms with van der Waals surface area (Å²) >= 11 is 1.41. The van der Waals surface area contributed by atoms with Crippen molar-refractivity contribution in [2.45, 2.75) is 18.7 Å². The predicted octanol–water partition coefficient (Wildman–Crippen LogP) is 2.88. The molecule has 0 bridgehead atoms. The van der Waals surface area contributed by atoms with Gasteiger partial charge in [-0.25, -0.2) is 0 Å². The van der Waals surface area contributed by atoms with Crippen LogP contribution in [-0.4, -0.2) is 40.6 Å². The van der Waals surface area contributed by atoms with Gasteiger partial charge < -0.3 is 9.47 Å². The molecule has 0 atom stereocenters. The monoisotopic (exact) mass is 328 g/mol. The van der Waals surface area contributed by atoms with Crippen molar-refractivity contribution in [3.8, 4) is 11.5 Å². The molecule has 2 aromatic rings. The van der Waals surface area contributed by atoms with E-state index in [0.29, 0.717) is 17.3 Å². The van der Waals surface area contributed by atoms with Crippen LogP contribution in [0.4, 0.5) is 8.78 Å². The smallest absolute Gasteiger partial charge is 0.387 e. The highest BCUT2D eigenvalue weighted by atomic mass is 32.2. The fraction of sp³-hybridized carbons (Fsp3) is 0.308. The fourth-order valence-corrected chi connectivity index (χ4v) is 2.04. The predicted molar refractivity (Wildman–Crippen MR) is 79.0 cm³/mol. The number of thioether (sulfide) groups is 1. The second-order valence-electron chi connectivity index (χ2n) is 3.92. The maximum Gasteiger partial charge on any atom is 0.387 e. The molecule has 0 unspecified atom stereocenters. The topological polar surface area (TPSA) is 61.5 Å². The number of alkyl halides is 2. The second kappa shape index (κ2) is 7.74. The van der Waals surface area contributed by atoms with Gasteiger partial charge in [0.2, 0.25) is 5.16 Å². The lowest BCUT2D eigenvalue weighted by atomic mass is 10.2. The van der Waals surface area contributed by atoms with Gasteiger partial charge in [-0.3, -0.25) is 0 Å². The van der Waals surface area contributed by atoms with Crippen LogP contribution in [0.25, 0.3) is 0 Å². The number of halogens is 2. The Hall–Kier alpha value is -2.16. The zero-order valence-electron chi connectivity index (χ0n) is 11.9. The van der Waals surface area contributed by atoms with Gasteiger partial charge in [0.15, 0.2) is 11.5 Å². The van der Waals surface area contributed by atoms with Crippen molar-refractivity contribution in [3.05, 3.63) is 30.1 Å². The maximum absolute atomic E-state index is 12.3. The molecule has 6 nitrogen and oxygen atoms in total. The molecule has 0 saturated carbocycles. The van der Waals surface area contributed by atoms with Crippen LogP contribution in [-0.2, 0) is 0 Å². The van der Waals surface area contributed by atoms with Crippen molar-refractivity contribution in [1.29, 1.82) is 0 Å². The molecular formula is C13H14F2N4O2S. The molecule has 0 aliphatic carbocycles. The Labute approximate surface area is 130 Å². The largest absolute Gasteiger partial charge is 0.490 e. The number of hydrogen-bond acceptors (Lipinski definition) is 6. The minimum atomic E-state index is -2.90. The highest BCUT2D eigenvalue weighted by Crippen LogP contribution is 2.29. The third-order valence-electron chi connectivity index (χ3n) is 2.50. The summed E-state index contributed by atoms with van der Waals surface area (Å²) in [4.78, 5) is 0.